The molecule has 0 fully saturated rings. The first-order valence-electron chi connectivity index (χ1n) is 5.09. The zero-order valence-electron chi connectivity index (χ0n) is 9.64. The summed E-state index contributed by atoms with van der Waals surface area (Å²) in [5.74, 6) is -1.31. The number of rotatable bonds is 3. The van der Waals surface area contributed by atoms with Crippen molar-refractivity contribution in [2.75, 3.05) is 13.6 Å². The van der Waals surface area contributed by atoms with E-state index in [1.165, 1.54) is 23.1 Å². The first kappa shape index (κ1) is 13.5. The molecule has 0 heterocycles. The molecule has 1 aromatic rings. The average molecular weight is 252 g/mol. The highest BCUT2D eigenvalue weighted by molar-refractivity contribution is 7.80. The summed E-state index contributed by atoms with van der Waals surface area (Å²) in [6, 6.07) is 6.09. The number of halogens is 1. The summed E-state index contributed by atoms with van der Waals surface area (Å²) >= 11 is 4.06. The average Bonchev–Trinajstić information content (AvgIpc) is 2.31. The van der Waals surface area contributed by atoms with E-state index in [1.54, 1.807) is 14.0 Å². The van der Waals surface area contributed by atoms with Crippen molar-refractivity contribution in [3.8, 4) is 6.07 Å². The summed E-state index contributed by atoms with van der Waals surface area (Å²) < 4.78 is 13.5. The van der Waals surface area contributed by atoms with Gasteiger partial charge in [0, 0.05) is 18.5 Å². The first-order chi connectivity index (χ1) is 7.95. The number of thiol groups is 1. The zero-order chi connectivity index (χ0) is 13.0. The molecule has 0 aliphatic carbocycles. The van der Waals surface area contributed by atoms with Crippen LogP contribution >= 0.6 is 12.6 Å². The lowest BCUT2D eigenvalue weighted by Crippen LogP contribution is -2.31. The quantitative estimate of drug-likeness (QED) is 0.839. The van der Waals surface area contributed by atoms with E-state index in [4.69, 9.17) is 5.26 Å². The number of carbonyl (C=O) groups is 1. The minimum Gasteiger partial charge on any atom is -0.340 e. The SMILES string of the molecule is CC(C#N)CN(C)C(=O)c1cc(S)ccc1F. The third kappa shape index (κ3) is 3.46. The van der Waals surface area contributed by atoms with Crippen LogP contribution in [-0.4, -0.2) is 24.4 Å². The normalized spacial score (nSPS) is 11.7. The van der Waals surface area contributed by atoms with Gasteiger partial charge in [-0.1, -0.05) is 0 Å². The molecule has 0 bridgehead atoms. The molecule has 1 rings (SSSR count). The Balaban J connectivity index is 2.89. The molecule has 0 saturated heterocycles. The molecule has 1 aromatic carbocycles. The molecule has 3 nitrogen and oxygen atoms in total. The zero-order valence-corrected chi connectivity index (χ0v) is 10.5. The second-order valence-corrected chi connectivity index (χ2v) is 4.40. The van der Waals surface area contributed by atoms with Gasteiger partial charge >= 0.3 is 0 Å². The Morgan fingerprint density at radius 2 is 2.29 bits per heavy atom. The Kier molecular flexibility index (Phi) is 4.53. The fourth-order valence-corrected chi connectivity index (χ4v) is 1.62. The number of nitrogens with zero attached hydrogens (tertiary/aromatic N) is 2. The van der Waals surface area contributed by atoms with E-state index in [2.05, 4.69) is 12.6 Å². The number of nitriles is 1. The highest BCUT2D eigenvalue weighted by Crippen LogP contribution is 2.15. The highest BCUT2D eigenvalue weighted by atomic mass is 32.1. The van der Waals surface area contributed by atoms with Crippen LogP contribution in [0.15, 0.2) is 23.1 Å². The van der Waals surface area contributed by atoms with Crippen LogP contribution in [0.3, 0.4) is 0 Å². The maximum Gasteiger partial charge on any atom is 0.256 e. The molecule has 0 aromatic heterocycles. The molecule has 17 heavy (non-hydrogen) atoms. The van der Waals surface area contributed by atoms with Gasteiger partial charge in [0.2, 0.25) is 0 Å². The van der Waals surface area contributed by atoms with E-state index in [1.807, 2.05) is 6.07 Å². The van der Waals surface area contributed by atoms with Crippen molar-refractivity contribution < 1.29 is 9.18 Å². The van der Waals surface area contributed by atoms with Crippen LogP contribution < -0.4 is 0 Å². The lowest BCUT2D eigenvalue weighted by molar-refractivity contribution is 0.0780. The highest BCUT2D eigenvalue weighted by Gasteiger charge is 2.17. The Morgan fingerprint density at radius 3 is 2.88 bits per heavy atom. The Hall–Kier alpha value is -1.54. The molecule has 0 aliphatic rings. The fourth-order valence-electron chi connectivity index (χ4n) is 1.42. The van der Waals surface area contributed by atoms with Gasteiger partial charge in [0.05, 0.1) is 17.6 Å². The predicted molar refractivity (Wildman–Crippen MR) is 65.4 cm³/mol. The minimum absolute atomic E-state index is 0.0230. The fraction of sp³-hybridized carbons (Fsp3) is 0.333. The molecule has 0 aliphatic heterocycles. The lowest BCUT2D eigenvalue weighted by atomic mass is 10.1. The van der Waals surface area contributed by atoms with Gasteiger partial charge in [-0.2, -0.15) is 5.26 Å². The monoisotopic (exact) mass is 252 g/mol. The largest absolute Gasteiger partial charge is 0.340 e. The van der Waals surface area contributed by atoms with Crippen molar-refractivity contribution in [1.82, 2.24) is 4.90 Å². The minimum atomic E-state index is -0.579. The smallest absolute Gasteiger partial charge is 0.256 e. The Bertz CT molecular complexity index is 470. The van der Waals surface area contributed by atoms with Gasteiger partial charge in [0.1, 0.15) is 5.82 Å². The van der Waals surface area contributed by atoms with E-state index in [0.29, 0.717) is 4.90 Å². The summed E-state index contributed by atoms with van der Waals surface area (Å²) in [4.78, 5) is 13.8. The van der Waals surface area contributed by atoms with Crippen LogP contribution in [0.1, 0.15) is 17.3 Å². The van der Waals surface area contributed by atoms with Crippen molar-refractivity contribution in [1.29, 1.82) is 5.26 Å². The van der Waals surface area contributed by atoms with Crippen LogP contribution in [0, 0.1) is 23.1 Å². The first-order valence-corrected chi connectivity index (χ1v) is 5.54. The van der Waals surface area contributed by atoms with Gasteiger partial charge in [0.15, 0.2) is 0 Å². The Labute approximate surface area is 105 Å². The molecular formula is C12H13FN2OS. The maximum absolute atomic E-state index is 13.5. The standard InChI is InChI=1S/C12H13FN2OS/c1-8(6-14)7-15(2)12(16)10-5-9(17)3-4-11(10)13/h3-5,8,17H,7H2,1-2H3. The van der Waals surface area contributed by atoms with Crippen molar-refractivity contribution >= 4 is 18.5 Å². The van der Waals surface area contributed by atoms with Gasteiger partial charge in [-0.25, -0.2) is 4.39 Å². The molecule has 1 amide bonds. The van der Waals surface area contributed by atoms with Gasteiger partial charge in [-0.05, 0) is 25.1 Å². The summed E-state index contributed by atoms with van der Waals surface area (Å²) in [7, 11) is 1.54. The van der Waals surface area contributed by atoms with Crippen molar-refractivity contribution in [2.24, 2.45) is 5.92 Å². The maximum atomic E-state index is 13.5. The Morgan fingerprint density at radius 1 is 1.65 bits per heavy atom. The van der Waals surface area contributed by atoms with Gasteiger partial charge in [-0.3, -0.25) is 4.79 Å². The molecule has 0 saturated carbocycles. The van der Waals surface area contributed by atoms with Crippen LogP contribution in [0.5, 0.6) is 0 Å². The second kappa shape index (κ2) is 5.69. The number of hydrogen-bond donors (Lipinski definition) is 1. The molecule has 1 atom stereocenters. The van der Waals surface area contributed by atoms with Gasteiger partial charge < -0.3 is 4.90 Å². The number of amides is 1. The number of benzene rings is 1. The molecule has 0 N–H and O–H groups in total. The van der Waals surface area contributed by atoms with E-state index in [0.717, 1.165) is 0 Å². The van der Waals surface area contributed by atoms with E-state index < -0.39 is 11.7 Å². The summed E-state index contributed by atoms with van der Waals surface area (Å²) in [5.41, 5.74) is -0.0230. The molecule has 0 spiro atoms. The molecule has 0 radical (unpaired) electrons. The predicted octanol–water partition coefficient (Wildman–Crippen LogP) is 2.35. The molecular weight excluding hydrogens is 239 g/mol. The van der Waals surface area contributed by atoms with Crippen molar-refractivity contribution in [3.63, 3.8) is 0 Å². The van der Waals surface area contributed by atoms with E-state index in [9.17, 15) is 9.18 Å². The van der Waals surface area contributed by atoms with Crippen LogP contribution in [0.25, 0.3) is 0 Å². The lowest BCUT2D eigenvalue weighted by Gasteiger charge is -2.18. The number of hydrogen-bond acceptors (Lipinski definition) is 3. The third-order valence-electron chi connectivity index (χ3n) is 2.30. The second-order valence-electron chi connectivity index (χ2n) is 3.88. The van der Waals surface area contributed by atoms with Gasteiger partial charge in [0.25, 0.3) is 5.91 Å². The van der Waals surface area contributed by atoms with Crippen LogP contribution in [0.4, 0.5) is 4.39 Å². The summed E-state index contributed by atoms with van der Waals surface area (Å²) in [6.45, 7) is 1.97. The van der Waals surface area contributed by atoms with Crippen LogP contribution in [0.2, 0.25) is 0 Å². The molecule has 5 heteroatoms. The van der Waals surface area contributed by atoms with Crippen molar-refractivity contribution in [2.45, 2.75) is 11.8 Å². The van der Waals surface area contributed by atoms with Crippen molar-refractivity contribution in [3.05, 3.63) is 29.6 Å². The number of carbonyl (C=O) groups excluding carboxylic acids is 1. The van der Waals surface area contributed by atoms with E-state index >= 15 is 0 Å². The summed E-state index contributed by atoms with van der Waals surface area (Å²) in [6.07, 6.45) is 0. The third-order valence-corrected chi connectivity index (χ3v) is 2.57. The van der Waals surface area contributed by atoms with Gasteiger partial charge in [-0.15, -0.1) is 12.6 Å². The molecule has 90 valence electrons. The summed E-state index contributed by atoms with van der Waals surface area (Å²) in [5, 5.41) is 8.66. The molecule has 1 unspecified atom stereocenters. The van der Waals surface area contributed by atoms with E-state index in [-0.39, 0.29) is 18.0 Å². The van der Waals surface area contributed by atoms with Crippen LogP contribution in [-0.2, 0) is 0 Å². The topological polar surface area (TPSA) is 44.1 Å².